The van der Waals surface area contributed by atoms with Crippen molar-refractivity contribution < 1.29 is 0 Å². The van der Waals surface area contributed by atoms with Crippen molar-refractivity contribution in [1.29, 1.82) is 0 Å². The molecule has 0 aliphatic rings. The van der Waals surface area contributed by atoms with Gasteiger partial charge in [0.15, 0.2) is 0 Å². The van der Waals surface area contributed by atoms with Crippen LogP contribution in [0.25, 0.3) is 11.1 Å². The monoisotopic (exact) mass is 268 g/mol. The highest BCUT2D eigenvalue weighted by Gasteiger charge is 2.11. The molecular formula is C17H21BS. The lowest BCUT2D eigenvalue weighted by molar-refractivity contribution is 0.803. The molecule has 0 aliphatic carbocycles. The number of hydrogen-bond acceptors (Lipinski definition) is 1. The fraction of sp³-hybridized carbons (Fsp3) is 0.294. The number of hydrogen-bond donors (Lipinski definition) is 0. The first-order chi connectivity index (χ1) is 8.98. The van der Waals surface area contributed by atoms with Crippen LogP contribution < -0.4 is 0 Å². The molecule has 2 aromatic carbocycles. The lowest BCUT2D eigenvalue weighted by Crippen LogP contribution is -2.06. The second kappa shape index (κ2) is 5.87. The highest BCUT2D eigenvalue weighted by atomic mass is 32.2. The van der Waals surface area contributed by atoms with Gasteiger partial charge in [-0.25, -0.2) is 0 Å². The summed E-state index contributed by atoms with van der Waals surface area (Å²) in [5.74, 6) is 0. The Bertz CT molecular complexity index is 521. The van der Waals surface area contributed by atoms with E-state index in [1.807, 2.05) is 11.8 Å². The summed E-state index contributed by atoms with van der Waals surface area (Å²) in [6.45, 7) is 6.74. The molecule has 0 radical (unpaired) electrons. The molecule has 0 saturated heterocycles. The standard InChI is InChI=1S/C17H21BS/c1-17(2,3)19-16-10-8-15(9-11-16)14-6-4-13(12-18)5-7-14/h4-11H,12,18H2,1-3H3. The van der Waals surface area contributed by atoms with Crippen LogP contribution in [0.5, 0.6) is 0 Å². The minimum atomic E-state index is 0.268. The Labute approximate surface area is 122 Å². The molecule has 0 amide bonds. The van der Waals surface area contributed by atoms with Crippen molar-refractivity contribution in [1.82, 2.24) is 0 Å². The van der Waals surface area contributed by atoms with Crippen LogP contribution in [0.1, 0.15) is 26.3 Å². The molecule has 0 nitrogen and oxygen atoms in total. The van der Waals surface area contributed by atoms with Crippen molar-refractivity contribution in [2.45, 2.75) is 36.7 Å². The van der Waals surface area contributed by atoms with Crippen molar-refractivity contribution in [3.63, 3.8) is 0 Å². The smallest absolute Gasteiger partial charge is 0.107 e. The number of rotatable bonds is 3. The van der Waals surface area contributed by atoms with Crippen LogP contribution >= 0.6 is 11.8 Å². The topological polar surface area (TPSA) is 0 Å². The Kier molecular flexibility index (Phi) is 4.41. The Balaban J connectivity index is 2.17. The van der Waals surface area contributed by atoms with Crippen LogP contribution in [0.15, 0.2) is 53.4 Å². The van der Waals surface area contributed by atoms with Gasteiger partial charge in [-0.05, 0) is 23.3 Å². The van der Waals surface area contributed by atoms with Crippen LogP contribution in [0.2, 0.25) is 0 Å². The lowest BCUT2D eigenvalue weighted by atomic mass is 9.95. The molecule has 0 fully saturated rings. The van der Waals surface area contributed by atoms with Crippen LogP contribution in [0.3, 0.4) is 0 Å². The highest BCUT2D eigenvalue weighted by Crippen LogP contribution is 2.33. The summed E-state index contributed by atoms with van der Waals surface area (Å²) in [6, 6.07) is 17.7. The average Bonchev–Trinajstić information content (AvgIpc) is 2.38. The lowest BCUT2D eigenvalue weighted by Gasteiger charge is -2.17. The van der Waals surface area contributed by atoms with Gasteiger partial charge in [-0.3, -0.25) is 0 Å². The predicted molar refractivity (Wildman–Crippen MR) is 89.7 cm³/mol. The van der Waals surface area contributed by atoms with E-state index in [1.54, 1.807) is 0 Å². The van der Waals surface area contributed by atoms with Crippen LogP contribution in [0, 0.1) is 0 Å². The summed E-state index contributed by atoms with van der Waals surface area (Å²) in [5, 5.41) is 0. The molecule has 0 spiro atoms. The number of benzene rings is 2. The Hall–Kier alpha value is -1.15. The van der Waals surface area contributed by atoms with Gasteiger partial charge >= 0.3 is 0 Å². The second-order valence-corrected chi connectivity index (χ2v) is 7.69. The first-order valence-corrected chi connectivity index (χ1v) is 7.68. The first-order valence-electron chi connectivity index (χ1n) is 6.86. The minimum Gasteiger partial charge on any atom is -0.120 e. The quantitative estimate of drug-likeness (QED) is 0.588. The van der Waals surface area contributed by atoms with Crippen LogP contribution in [-0.4, -0.2) is 12.6 Å². The first kappa shape index (κ1) is 14.3. The molecule has 2 rings (SSSR count). The summed E-state index contributed by atoms with van der Waals surface area (Å²) >= 11 is 1.91. The maximum absolute atomic E-state index is 2.25. The third-order valence-corrected chi connectivity index (χ3v) is 4.09. The van der Waals surface area contributed by atoms with E-state index in [2.05, 4.69) is 77.1 Å². The van der Waals surface area contributed by atoms with Gasteiger partial charge in [-0.2, -0.15) is 0 Å². The molecule has 0 bridgehead atoms. The van der Waals surface area contributed by atoms with Crippen molar-refractivity contribution in [3.8, 4) is 11.1 Å². The maximum Gasteiger partial charge on any atom is 0.107 e. The minimum absolute atomic E-state index is 0.268. The molecule has 2 heteroatoms. The molecule has 0 heterocycles. The third-order valence-electron chi connectivity index (χ3n) is 2.97. The molecular weight excluding hydrogens is 247 g/mol. The van der Waals surface area contributed by atoms with Gasteiger partial charge in [-0.1, -0.05) is 69.1 Å². The van der Waals surface area contributed by atoms with E-state index in [0.717, 1.165) is 6.32 Å². The molecule has 0 N–H and O–H groups in total. The van der Waals surface area contributed by atoms with Crippen molar-refractivity contribution in [2.24, 2.45) is 0 Å². The Morgan fingerprint density at radius 3 is 1.74 bits per heavy atom. The second-order valence-electron chi connectivity index (χ2n) is 5.79. The van der Waals surface area contributed by atoms with E-state index in [0.29, 0.717) is 0 Å². The normalized spacial score (nSPS) is 11.5. The van der Waals surface area contributed by atoms with Gasteiger partial charge in [-0.15, -0.1) is 11.8 Å². The van der Waals surface area contributed by atoms with E-state index in [9.17, 15) is 0 Å². The van der Waals surface area contributed by atoms with E-state index in [-0.39, 0.29) is 4.75 Å². The molecule has 0 atom stereocenters. The summed E-state index contributed by atoms with van der Waals surface area (Å²) in [7, 11) is 2.19. The van der Waals surface area contributed by atoms with Crippen molar-refractivity contribution in [3.05, 3.63) is 54.1 Å². The molecule has 0 saturated carbocycles. The zero-order valence-corrected chi connectivity index (χ0v) is 13.1. The Morgan fingerprint density at radius 1 is 0.842 bits per heavy atom. The third kappa shape index (κ3) is 4.17. The van der Waals surface area contributed by atoms with E-state index >= 15 is 0 Å². The summed E-state index contributed by atoms with van der Waals surface area (Å²) in [5.41, 5.74) is 3.98. The van der Waals surface area contributed by atoms with Crippen LogP contribution in [0.4, 0.5) is 0 Å². The van der Waals surface area contributed by atoms with Gasteiger partial charge < -0.3 is 0 Å². The zero-order chi connectivity index (χ0) is 13.9. The van der Waals surface area contributed by atoms with Gasteiger partial charge in [0.25, 0.3) is 0 Å². The van der Waals surface area contributed by atoms with E-state index < -0.39 is 0 Å². The molecule has 0 aliphatic heterocycles. The predicted octanol–water partition coefficient (Wildman–Crippen LogP) is 4.38. The maximum atomic E-state index is 2.25. The van der Waals surface area contributed by atoms with Gasteiger partial charge in [0.1, 0.15) is 7.85 Å². The summed E-state index contributed by atoms with van der Waals surface area (Å²) < 4.78 is 0.268. The zero-order valence-electron chi connectivity index (χ0n) is 12.2. The highest BCUT2D eigenvalue weighted by molar-refractivity contribution is 8.00. The van der Waals surface area contributed by atoms with Gasteiger partial charge in [0.05, 0.1) is 0 Å². The molecule has 0 aromatic heterocycles. The largest absolute Gasteiger partial charge is 0.120 e. The van der Waals surface area contributed by atoms with Crippen molar-refractivity contribution >= 4 is 19.6 Å². The van der Waals surface area contributed by atoms with Gasteiger partial charge in [0, 0.05) is 9.64 Å². The molecule has 98 valence electrons. The van der Waals surface area contributed by atoms with Crippen molar-refractivity contribution in [2.75, 3.05) is 0 Å². The molecule has 2 aromatic rings. The van der Waals surface area contributed by atoms with Crippen LogP contribution in [-0.2, 0) is 6.32 Å². The van der Waals surface area contributed by atoms with E-state index in [1.165, 1.54) is 21.6 Å². The fourth-order valence-electron chi connectivity index (χ4n) is 2.00. The fourth-order valence-corrected chi connectivity index (χ4v) is 2.98. The summed E-state index contributed by atoms with van der Waals surface area (Å²) in [6.07, 6.45) is 1.10. The number of thioether (sulfide) groups is 1. The van der Waals surface area contributed by atoms with E-state index in [4.69, 9.17) is 0 Å². The molecule has 19 heavy (non-hydrogen) atoms. The Morgan fingerprint density at radius 2 is 1.32 bits per heavy atom. The average molecular weight is 268 g/mol. The molecule has 0 unspecified atom stereocenters. The SMILES string of the molecule is BCc1ccc(-c2ccc(SC(C)(C)C)cc2)cc1. The van der Waals surface area contributed by atoms with Gasteiger partial charge in [0.2, 0.25) is 0 Å². The summed E-state index contributed by atoms with van der Waals surface area (Å²) in [4.78, 5) is 1.33.